The molecule has 1 aliphatic carbocycles. The maximum absolute atomic E-state index is 13.9. The predicted octanol–water partition coefficient (Wildman–Crippen LogP) is 3.92. The van der Waals surface area contributed by atoms with Crippen molar-refractivity contribution >= 4 is 11.9 Å². The van der Waals surface area contributed by atoms with Gasteiger partial charge in [0, 0.05) is 12.6 Å². The summed E-state index contributed by atoms with van der Waals surface area (Å²) < 4.78 is 6.72. The Balaban J connectivity index is 1.52. The third-order valence-corrected chi connectivity index (χ3v) is 7.61. The predicted molar refractivity (Wildman–Crippen MR) is 129 cm³/mol. The number of aliphatic imine (C=N–C) groups is 1. The zero-order valence-corrected chi connectivity index (χ0v) is 18.9. The monoisotopic (exact) mass is 448 g/mol. The number of nitrogens with zero attached hydrogens (tertiary/aromatic N) is 3. The van der Waals surface area contributed by atoms with Crippen LogP contribution in [0.2, 0.25) is 0 Å². The van der Waals surface area contributed by atoms with E-state index in [9.17, 15) is 10.1 Å². The van der Waals surface area contributed by atoms with Crippen LogP contribution < -0.4 is 10.5 Å². The molecule has 3 aromatic carbocycles. The highest BCUT2D eigenvalue weighted by Gasteiger charge is 2.68. The molecule has 3 aliphatic rings. The summed E-state index contributed by atoms with van der Waals surface area (Å²) in [6.45, 7) is 0. The Bertz CT molecular complexity index is 1390. The van der Waals surface area contributed by atoms with Gasteiger partial charge >= 0.3 is 0 Å². The van der Waals surface area contributed by atoms with Crippen LogP contribution in [0.1, 0.15) is 35.1 Å². The van der Waals surface area contributed by atoms with Crippen LogP contribution in [-0.2, 0) is 23.2 Å². The van der Waals surface area contributed by atoms with Crippen molar-refractivity contribution in [1.82, 2.24) is 4.90 Å². The third-order valence-electron chi connectivity index (χ3n) is 7.61. The van der Waals surface area contributed by atoms with Gasteiger partial charge in [-0.25, -0.2) is 4.99 Å². The fourth-order valence-corrected chi connectivity index (χ4v) is 5.80. The molecule has 0 fully saturated rings. The number of fused-ring (bicyclic) bond motifs is 4. The van der Waals surface area contributed by atoms with Crippen LogP contribution in [0.3, 0.4) is 0 Å². The van der Waals surface area contributed by atoms with E-state index in [4.69, 9.17) is 15.5 Å². The summed E-state index contributed by atoms with van der Waals surface area (Å²) in [5, 5.41) is 9.34. The number of benzene rings is 3. The fraction of sp³-hybridized carbons (Fsp3) is 0.250. The molecule has 2 aliphatic heterocycles. The van der Waals surface area contributed by atoms with E-state index in [1.807, 2.05) is 36.4 Å². The molecule has 0 saturated heterocycles. The van der Waals surface area contributed by atoms with Crippen molar-refractivity contribution in [2.75, 3.05) is 7.05 Å². The minimum Gasteiger partial charge on any atom is -0.483 e. The Labute approximate surface area is 198 Å². The first-order valence-electron chi connectivity index (χ1n) is 11.5. The van der Waals surface area contributed by atoms with Gasteiger partial charge < -0.3 is 10.5 Å². The maximum Gasteiger partial charge on any atom is 0.266 e. The Morgan fingerprint density at radius 1 is 1.00 bits per heavy atom. The second-order valence-electron chi connectivity index (χ2n) is 9.31. The molecule has 2 N–H and O–H groups in total. The van der Waals surface area contributed by atoms with Crippen LogP contribution in [0.25, 0.3) is 11.1 Å². The van der Waals surface area contributed by atoms with Gasteiger partial charge in [0.05, 0.1) is 11.6 Å². The third kappa shape index (κ3) is 2.67. The Morgan fingerprint density at radius 2 is 1.71 bits per heavy atom. The maximum atomic E-state index is 13.9. The van der Waals surface area contributed by atoms with Crippen LogP contribution >= 0.6 is 0 Å². The van der Waals surface area contributed by atoms with E-state index < -0.39 is 11.1 Å². The smallest absolute Gasteiger partial charge is 0.266 e. The molecule has 1 amide bonds. The molecule has 0 saturated carbocycles. The van der Waals surface area contributed by atoms with Gasteiger partial charge in [0.1, 0.15) is 11.4 Å². The number of hydrogen-bond donors (Lipinski definition) is 1. The van der Waals surface area contributed by atoms with Gasteiger partial charge in [0.15, 0.2) is 5.96 Å². The van der Waals surface area contributed by atoms with Gasteiger partial charge in [-0.1, -0.05) is 42.5 Å². The van der Waals surface area contributed by atoms with E-state index in [1.165, 1.54) is 16.0 Å². The SMILES string of the molecule is CN1C(=O)C2(N=C1N)c1cc(-c3cccc(C#N)c3)ccc1OC21CCc2ccccc2CC1. The molecule has 1 atom stereocenters. The van der Waals surface area contributed by atoms with Gasteiger partial charge in [-0.05, 0) is 72.2 Å². The second-order valence-corrected chi connectivity index (χ2v) is 9.31. The highest BCUT2D eigenvalue weighted by atomic mass is 16.5. The van der Waals surface area contributed by atoms with E-state index in [-0.39, 0.29) is 11.9 Å². The summed E-state index contributed by atoms with van der Waals surface area (Å²) >= 11 is 0. The number of ether oxygens (including phenoxy) is 1. The molecular weight excluding hydrogens is 424 g/mol. The number of guanidine groups is 1. The largest absolute Gasteiger partial charge is 0.483 e. The van der Waals surface area contributed by atoms with Gasteiger partial charge in [0.2, 0.25) is 5.54 Å². The average molecular weight is 449 g/mol. The summed E-state index contributed by atoms with van der Waals surface area (Å²) in [5.41, 5.74) is 9.91. The molecule has 6 heteroatoms. The zero-order valence-electron chi connectivity index (χ0n) is 18.9. The number of carbonyl (C=O) groups is 1. The van der Waals surface area contributed by atoms with Crippen molar-refractivity contribution in [2.45, 2.75) is 36.8 Å². The van der Waals surface area contributed by atoms with Gasteiger partial charge in [0.25, 0.3) is 5.91 Å². The Hall–Kier alpha value is -4.11. The summed E-state index contributed by atoms with van der Waals surface area (Å²) in [7, 11) is 1.67. The van der Waals surface area contributed by atoms with Gasteiger partial charge in [-0.3, -0.25) is 9.69 Å². The van der Waals surface area contributed by atoms with E-state index in [2.05, 4.69) is 30.3 Å². The molecule has 2 heterocycles. The molecule has 0 aromatic heterocycles. The highest BCUT2D eigenvalue weighted by Crippen LogP contribution is 2.58. The molecular formula is C28H24N4O2. The summed E-state index contributed by atoms with van der Waals surface area (Å²) in [4.78, 5) is 20.2. The molecule has 2 spiro atoms. The molecule has 6 rings (SSSR count). The number of rotatable bonds is 1. The molecule has 0 bridgehead atoms. The lowest BCUT2D eigenvalue weighted by atomic mass is 9.71. The van der Waals surface area contributed by atoms with Crippen molar-refractivity contribution in [2.24, 2.45) is 10.7 Å². The van der Waals surface area contributed by atoms with E-state index in [0.29, 0.717) is 24.2 Å². The quantitative estimate of drug-likeness (QED) is 0.611. The lowest BCUT2D eigenvalue weighted by Crippen LogP contribution is -2.56. The average Bonchev–Trinajstić information content (AvgIpc) is 3.17. The van der Waals surface area contributed by atoms with Gasteiger partial charge in [-0.15, -0.1) is 0 Å². The van der Waals surface area contributed by atoms with Crippen LogP contribution in [0, 0.1) is 11.3 Å². The first kappa shape index (κ1) is 20.5. The van der Waals surface area contributed by atoms with Crippen molar-refractivity contribution in [3.05, 3.63) is 89.0 Å². The molecule has 168 valence electrons. The summed E-state index contributed by atoms with van der Waals surface area (Å²) in [6.07, 6.45) is 2.92. The van der Waals surface area contributed by atoms with E-state index in [0.717, 1.165) is 29.5 Å². The molecule has 1 unspecified atom stereocenters. The molecule has 3 aromatic rings. The van der Waals surface area contributed by atoms with Crippen LogP contribution in [0.15, 0.2) is 71.7 Å². The van der Waals surface area contributed by atoms with Crippen molar-refractivity contribution in [3.8, 4) is 22.9 Å². The van der Waals surface area contributed by atoms with E-state index >= 15 is 0 Å². The number of carbonyl (C=O) groups excluding carboxylic acids is 1. The number of nitrogens with two attached hydrogens (primary N) is 1. The van der Waals surface area contributed by atoms with Crippen molar-refractivity contribution < 1.29 is 9.53 Å². The first-order chi connectivity index (χ1) is 16.5. The minimum absolute atomic E-state index is 0.155. The zero-order chi connectivity index (χ0) is 23.5. The number of hydrogen-bond acceptors (Lipinski definition) is 5. The van der Waals surface area contributed by atoms with Gasteiger partial charge in [-0.2, -0.15) is 5.26 Å². The highest BCUT2D eigenvalue weighted by molar-refractivity contribution is 6.08. The molecule has 6 nitrogen and oxygen atoms in total. The number of aryl methyl sites for hydroxylation is 2. The number of amides is 1. The summed E-state index contributed by atoms with van der Waals surface area (Å²) in [5.74, 6) is 0.725. The second kappa shape index (κ2) is 7.19. The lowest BCUT2D eigenvalue weighted by Gasteiger charge is -2.38. The minimum atomic E-state index is -1.23. The van der Waals surface area contributed by atoms with Crippen LogP contribution in [0.5, 0.6) is 5.75 Å². The standard InChI is InChI=1S/C28H24N4O2/c1-32-25(33)28(31-26(32)30)23-16-22(21-8-4-5-18(15-21)17-29)9-10-24(23)34-27(28)13-11-19-6-2-3-7-20(19)12-14-27/h2-10,15-16H,11-14H2,1H3,(H2,30,31). The normalized spacial score (nSPS) is 22.1. The summed E-state index contributed by atoms with van der Waals surface area (Å²) in [6, 6.07) is 24.0. The topological polar surface area (TPSA) is 91.7 Å². The lowest BCUT2D eigenvalue weighted by molar-refractivity contribution is -0.138. The van der Waals surface area contributed by atoms with Crippen LogP contribution in [0.4, 0.5) is 0 Å². The van der Waals surface area contributed by atoms with E-state index in [1.54, 1.807) is 13.1 Å². The van der Waals surface area contributed by atoms with Crippen molar-refractivity contribution in [3.63, 3.8) is 0 Å². The first-order valence-corrected chi connectivity index (χ1v) is 11.5. The number of nitriles is 1. The Kier molecular flexibility index (Phi) is 4.34. The van der Waals surface area contributed by atoms with Crippen molar-refractivity contribution in [1.29, 1.82) is 5.26 Å². The molecule has 34 heavy (non-hydrogen) atoms. The fourth-order valence-electron chi connectivity index (χ4n) is 5.80. The Morgan fingerprint density at radius 3 is 2.35 bits per heavy atom. The van der Waals surface area contributed by atoms with Crippen LogP contribution in [-0.4, -0.2) is 29.4 Å². The molecule has 0 radical (unpaired) electrons. The number of likely N-dealkylation sites (N-methyl/N-ethyl adjacent to an activating group) is 1.